The number of hydrogen-bond acceptors (Lipinski definition) is 3. The van der Waals surface area contributed by atoms with Crippen molar-refractivity contribution in [1.82, 2.24) is 5.32 Å². The third-order valence-corrected chi connectivity index (χ3v) is 2.77. The lowest BCUT2D eigenvalue weighted by Crippen LogP contribution is -2.44. The number of benzene rings is 1. The molecular formula is C15H19NO4. The summed E-state index contributed by atoms with van der Waals surface area (Å²) in [5.74, 6) is -1.53. The van der Waals surface area contributed by atoms with E-state index in [-0.39, 0.29) is 13.2 Å². The Bertz CT molecular complexity index is 485. The number of aryl methyl sites for hydroxylation is 1. The van der Waals surface area contributed by atoms with Crippen LogP contribution >= 0.6 is 0 Å². The van der Waals surface area contributed by atoms with Crippen LogP contribution in [0, 0.1) is 0 Å². The van der Waals surface area contributed by atoms with E-state index in [1.165, 1.54) is 6.08 Å². The minimum Gasteiger partial charge on any atom is -0.480 e. The van der Waals surface area contributed by atoms with Crippen LogP contribution < -0.4 is 5.32 Å². The molecule has 1 aromatic carbocycles. The van der Waals surface area contributed by atoms with Crippen LogP contribution in [0.2, 0.25) is 0 Å². The van der Waals surface area contributed by atoms with Crippen molar-refractivity contribution < 1.29 is 19.4 Å². The summed E-state index contributed by atoms with van der Waals surface area (Å²) in [6.07, 6.45) is 2.22. The maximum atomic E-state index is 12.1. The topological polar surface area (TPSA) is 75.6 Å². The molecule has 0 bridgehead atoms. The molecule has 0 spiro atoms. The molecule has 5 heteroatoms. The molecule has 0 aliphatic carbocycles. The third kappa shape index (κ3) is 4.51. The minimum absolute atomic E-state index is 0.0958. The molecular weight excluding hydrogens is 258 g/mol. The fourth-order valence-electron chi connectivity index (χ4n) is 1.73. The van der Waals surface area contributed by atoms with Crippen molar-refractivity contribution in [2.45, 2.75) is 19.4 Å². The zero-order chi connectivity index (χ0) is 15.0. The Morgan fingerprint density at radius 1 is 1.45 bits per heavy atom. The molecule has 0 aliphatic heterocycles. The van der Waals surface area contributed by atoms with Gasteiger partial charge in [-0.1, -0.05) is 31.2 Å². The second-order valence-corrected chi connectivity index (χ2v) is 4.20. The molecule has 0 radical (unpaired) electrons. The Balaban J connectivity index is 2.74. The lowest BCUT2D eigenvalue weighted by Gasteiger charge is -2.15. The standard InChI is InChI=1S/C15H19NO4/c1-3-9-20-10-13(15(18)19)16-14(17)12-8-6-5-7-11(12)4-2/h3,5-8,13H,1,4,9-10H2,2H3,(H,16,17)(H,18,19). The molecule has 0 heterocycles. The van der Waals surface area contributed by atoms with Gasteiger partial charge in [-0.25, -0.2) is 4.79 Å². The second-order valence-electron chi connectivity index (χ2n) is 4.20. The van der Waals surface area contributed by atoms with Gasteiger partial charge >= 0.3 is 5.97 Å². The highest BCUT2D eigenvalue weighted by Crippen LogP contribution is 2.09. The Labute approximate surface area is 118 Å². The largest absolute Gasteiger partial charge is 0.480 e. The molecule has 0 saturated carbocycles. The molecule has 20 heavy (non-hydrogen) atoms. The first-order chi connectivity index (χ1) is 9.60. The Morgan fingerprint density at radius 3 is 2.75 bits per heavy atom. The van der Waals surface area contributed by atoms with Crippen molar-refractivity contribution in [2.24, 2.45) is 0 Å². The van der Waals surface area contributed by atoms with Crippen molar-refractivity contribution in [3.05, 3.63) is 48.0 Å². The number of carboxylic acid groups (broad SMARTS) is 1. The number of nitrogens with one attached hydrogen (secondary N) is 1. The van der Waals surface area contributed by atoms with Crippen molar-refractivity contribution >= 4 is 11.9 Å². The first-order valence-electron chi connectivity index (χ1n) is 6.40. The number of hydrogen-bond donors (Lipinski definition) is 2. The SMILES string of the molecule is C=CCOCC(NC(=O)c1ccccc1CC)C(=O)O. The molecule has 0 fully saturated rings. The summed E-state index contributed by atoms with van der Waals surface area (Å²) in [7, 11) is 0. The van der Waals surface area contributed by atoms with Gasteiger partial charge in [-0.05, 0) is 18.1 Å². The van der Waals surface area contributed by atoms with Gasteiger partial charge < -0.3 is 15.2 Å². The molecule has 0 saturated heterocycles. The molecule has 0 aromatic heterocycles. The third-order valence-electron chi connectivity index (χ3n) is 2.77. The quantitative estimate of drug-likeness (QED) is 0.559. The van der Waals surface area contributed by atoms with Gasteiger partial charge in [0.05, 0.1) is 13.2 Å². The maximum Gasteiger partial charge on any atom is 0.328 e. The van der Waals surface area contributed by atoms with Gasteiger partial charge in [0.2, 0.25) is 0 Å². The van der Waals surface area contributed by atoms with Gasteiger partial charge in [0, 0.05) is 5.56 Å². The molecule has 1 aromatic rings. The van der Waals surface area contributed by atoms with E-state index in [2.05, 4.69) is 11.9 Å². The molecule has 1 atom stereocenters. The molecule has 1 unspecified atom stereocenters. The first-order valence-corrected chi connectivity index (χ1v) is 6.40. The highest BCUT2D eigenvalue weighted by molar-refractivity contribution is 5.97. The van der Waals surface area contributed by atoms with Crippen molar-refractivity contribution in [3.8, 4) is 0 Å². The fourth-order valence-corrected chi connectivity index (χ4v) is 1.73. The van der Waals surface area contributed by atoms with Crippen LogP contribution in [-0.4, -0.2) is 36.2 Å². The van der Waals surface area contributed by atoms with Crippen molar-refractivity contribution in [1.29, 1.82) is 0 Å². The number of ether oxygens (including phenoxy) is 1. The normalized spacial score (nSPS) is 11.7. The van der Waals surface area contributed by atoms with E-state index in [4.69, 9.17) is 9.84 Å². The lowest BCUT2D eigenvalue weighted by atomic mass is 10.0. The highest BCUT2D eigenvalue weighted by Gasteiger charge is 2.21. The van der Waals surface area contributed by atoms with E-state index in [0.717, 1.165) is 5.56 Å². The zero-order valence-corrected chi connectivity index (χ0v) is 11.5. The van der Waals surface area contributed by atoms with E-state index >= 15 is 0 Å². The molecule has 0 aliphatic rings. The van der Waals surface area contributed by atoms with Gasteiger partial charge in [0.15, 0.2) is 6.04 Å². The average Bonchev–Trinajstić information content (AvgIpc) is 2.46. The average molecular weight is 277 g/mol. The highest BCUT2D eigenvalue weighted by atomic mass is 16.5. The second kappa shape index (κ2) is 8.12. The lowest BCUT2D eigenvalue weighted by molar-refractivity contribution is -0.140. The van der Waals surface area contributed by atoms with Gasteiger partial charge in [-0.3, -0.25) is 4.79 Å². The molecule has 108 valence electrons. The van der Waals surface area contributed by atoms with Gasteiger partial charge in [-0.2, -0.15) is 0 Å². The summed E-state index contributed by atoms with van der Waals surface area (Å²) >= 11 is 0. The number of carbonyl (C=O) groups is 2. The smallest absolute Gasteiger partial charge is 0.328 e. The molecule has 2 N–H and O–H groups in total. The predicted octanol–water partition coefficient (Wildman–Crippen LogP) is 1.63. The minimum atomic E-state index is -1.13. The van der Waals surface area contributed by atoms with E-state index in [9.17, 15) is 9.59 Å². The van der Waals surface area contributed by atoms with Crippen molar-refractivity contribution in [2.75, 3.05) is 13.2 Å². The molecule has 5 nitrogen and oxygen atoms in total. The van der Waals surface area contributed by atoms with Crippen molar-refractivity contribution in [3.63, 3.8) is 0 Å². The molecule has 1 amide bonds. The first kappa shape index (κ1) is 15.9. The predicted molar refractivity (Wildman–Crippen MR) is 75.7 cm³/mol. The van der Waals surface area contributed by atoms with Crippen LogP contribution in [0.5, 0.6) is 0 Å². The summed E-state index contributed by atoms with van der Waals surface area (Å²) in [6, 6.07) is 6.04. The monoisotopic (exact) mass is 277 g/mol. The fraction of sp³-hybridized carbons (Fsp3) is 0.333. The maximum absolute atomic E-state index is 12.1. The van der Waals surface area contributed by atoms with E-state index in [0.29, 0.717) is 12.0 Å². The molecule has 1 rings (SSSR count). The van der Waals surface area contributed by atoms with E-state index in [1.807, 2.05) is 19.1 Å². The summed E-state index contributed by atoms with van der Waals surface area (Å²) in [6.45, 7) is 5.56. The van der Waals surface area contributed by atoms with Gasteiger partial charge in [0.25, 0.3) is 5.91 Å². The van der Waals surface area contributed by atoms with Crippen LogP contribution in [0.4, 0.5) is 0 Å². The van der Waals surface area contributed by atoms with Crippen LogP contribution in [0.25, 0.3) is 0 Å². The zero-order valence-electron chi connectivity index (χ0n) is 11.5. The van der Waals surface area contributed by atoms with Crippen LogP contribution in [0.1, 0.15) is 22.8 Å². The Kier molecular flexibility index (Phi) is 6.46. The number of carboxylic acids is 1. The van der Waals surface area contributed by atoms with Crippen LogP contribution in [0.3, 0.4) is 0 Å². The Hall–Kier alpha value is -2.14. The van der Waals surface area contributed by atoms with Crippen LogP contribution in [-0.2, 0) is 16.0 Å². The van der Waals surface area contributed by atoms with Gasteiger partial charge in [0.1, 0.15) is 0 Å². The van der Waals surface area contributed by atoms with E-state index in [1.54, 1.807) is 12.1 Å². The number of aliphatic carboxylic acids is 1. The van der Waals surface area contributed by atoms with Crippen LogP contribution in [0.15, 0.2) is 36.9 Å². The summed E-state index contributed by atoms with van der Waals surface area (Å²) in [5.41, 5.74) is 1.37. The summed E-state index contributed by atoms with van der Waals surface area (Å²) in [5, 5.41) is 11.5. The van der Waals surface area contributed by atoms with E-state index < -0.39 is 17.9 Å². The Morgan fingerprint density at radius 2 is 2.15 bits per heavy atom. The number of rotatable bonds is 8. The van der Waals surface area contributed by atoms with Gasteiger partial charge in [-0.15, -0.1) is 6.58 Å². The number of carbonyl (C=O) groups excluding carboxylic acids is 1. The summed E-state index contributed by atoms with van der Waals surface area (Å²) in [4.78, 5) is 23.2. The number of amides is 1. The summed E-state index contributed by atoms with van der Waals surface area (Å²) < 4.78 is 5.09.